The van der Waals surface area contributed by atoms with Crippen molar-refractivity contribution in [1.29, 1.82) is 0 Å². The molecule has 5 aromatic carbocycles. The van der Waals surface area contributed by atoms with Crippen LogP contribution in [0.15, 0.2) is 154 Å². The second-order valence-electron chi connectivity index (χ2n) is 8.41. The number of hydrogen-bond donors (Lipinski definition) is 0. The molecule has 0 aliphatic heterocycles. The summed E-state index contributed by atoms with van der Waals surface area (Å²) in [6, 6.07) is 47.4. The molecule has 0 N–H and O–H groups in total. The third-order valence-electron chi connectivity index (χ3n) is 5.91. The van der Waals surface area contributed by atoms with Gasteiger partial charge in [0.05, 0.1) is 0 Å². The molecule has 1 aromatic heterocycles. The fourth-order valence-electron chi connectivity index (χ4n) is 4.10. The van der Waals surface area contributed by atoms with E-state index < -0.39 is 0 Å². The van der Waals surface area contributed by atoms with Gasteiger partial charge in [-0.15, -0.1) is 10.2 Å². The number of rotatable bonds is 7. The quantitative estimate of drug-likeness (QED) is 0.220. The minimum absolute atomic E-state index is 0.496. The van der Waals surface area contributed by atoms with Gasteiger partial charge in [-0.3, -0.25) is 0 Å². The standard InChI is InChI=1S/C32H23N3OS/c1-4-10-26(11-5-1)35(27-12-6-2-7-13-27)28-20-16-24(17-21-28)31-33-34-32(36-31)25-18-22-30(23-19-25)37-29-14-8-3-9-15-29/h1-23H. The lowest BCUT2D eigenvalue weighted by molar-refractivity contribution is 0.584. The molecule has 0 amide bonds. The van der Waals surface area contributed by atoms with E-state index >= 15 is 0 Å². The molecule has 37 heavy (non-hydrogen) atoms. The highest BCUT2D eigenvalue weighted by molar-refractivity contribution is 7.99. The second kappa shape index (κ2) is 10.6. The van der Waals surface area contributed by atoms with Gasteiger partial charge in [-0.2, -0.15) is 0 Å². The van der Waals surface area contributed by atoms with Crippen LogP contribution in [0.25, 0.3) is 22.9 Å². The molecule has 0 bridgehead atoms. The summed E-state index contributed by atoms with van der Waals surface area (Å²) in [5, 5.41) is 8.60. The number of anilines is 3. The molecule has 0 unspecified atom stereocenters. The van der Waals surface area contributed by atoms with Crippen molar-refractivity contribution in [2.75, 3.05) is 4.90 Å². The lowest BCUT2D eigenvalue weighted by Gasteiger charge is -2.25. The number of aromatic nitrogens is 2. The van der Waals surface area contributed by atoms with Crippen LogP contribution in [0.5, 0.6) is 0 Å². The normalized spacial score (nSPS) is 10.8. The highest BCUT2D eigenvalue weighted by Crippen LogP contribution is 2.35. The predicted molar refractivity (Wildman–Crippen MR) is 150 cm³/mol. The van der Waals surface area contributed by atoms with E-state index in [0.29, 0.717) is 11.8 Å². The van der Waals surface area contributed by atoms with Crippen LogP contribution in [0.2, 0.25) is 0 Å². The number of benzene rings is 5. The first kappa shape index (κ1) is 22.8. The smallest absolute Gasteiger partial charge is 0.248 e. The third-order valence-corrected chi connectivity index (χ3v) is 6.92. The summed E-state index contributed by atoms with van der Waals surface area (Å²) in [4.78, 5) is 4.58. The van der Waals surface area contributed by atoms with E-state index in [-0.39, 0.29) is 0 Å². The van der Waals surface area contributed by atoms with E-state index in [1.54, 1.807) is 11.8 Å². The van der Waals surface area contributed by atoms with Gasteiger partial charge < -0.3 is 9.32 Å². The zero-order valence-corrected chi connectivity index (χ0v) is 20.8. The van der Waals surface area contributed by atoms with E-state index in [1.807, 2.05) is 78.9 Å². The summed E-state index contributed by atoms with van der Waals surface area (Å²) < 4.78 is 6.04. The Morgan fingerprint density at radius 1 is 0.432 bits per heavy atom. The Kier molecular flexibility index (Phi) is 6.52. The summed E-state index contributed by atoms with van der Waals surface area (Å²) in [7, 11) is 0. The molecular formula is C32H23N3OS. The van der Waals surface area contributed by atoms with Crippen molar-refractivity contribution in [3.8, 4) is 22.9 Å². The number of hydrogen-bond acceptors (Lipinski definition) is 5. The molecule has 0 spiro atoms. The lowest BCUT2D eigenvalue weighted by atomic mass is 10.1. The summed E-state index contributed by atoms with van der Waals surface area (Å²) >= 11 is 1.72. The van der Waals surface area contributed by atoms with Gasteiger partial charge in [0, 0.05) is 38.0 Å². The molecule has 6 aromatic rings. The van der Waals surface area contributed by atoms with Gasteiger partial charge in [0.15, 0.2) is 0 Å². The van der Waals surface area contributed by atoms with Crippen LogP contribution >= 0.6 is 11.8 Å². The Balaban J connectivity index is 1.22. The molecule has 4 nitrogen and oxygen atoms in total. The van der Waals surface area contributed by atoms with Crippen LogP contribution in [0, 0.1) is 0 Å². The molecule has 0 radical (unpaired) electrons. The monoisotopic (exact) mass is 497 g/mol. The van der Waals surface area contributed by atoms with Crippen molar-refractivity contribution in [2.45, 2.75) is 9.79 Å². The first-order valence-corrected chi connectivity index (χ1v) is 12.8. The molecule has 0 fully saturated rings. The van der Waals surface area contributed by atoms with E-state index in [4.69, 9.17) is 4.42 Å². The van der Waals surface area contributed by atoms with Crippen LogP contribution in [0.4, 0.5) is 17.1 Å². The van der Waals surface area contributed by atoms with E-state index in [2.05, 4.69) is 75.8 Å². The van der Waals surface area contributed by atoms with Crippen LogP contribution in [0.1, 0.15) is 0 Å². The van der Waals surface area contributed by atoms with Crippen LogP contribution in [0.3, 0.4) is 0 Å². The lowest BCUT2D eigenvalue weighted by Crippen LogP contribution is -2.09. The average molecular weight is 498 g/mol. The maximum atomic E-state index is 6.04. The van der Waals surface area contributed by atoms with E-state index in [0.717, 1.165) is 33.1 Å². The van der Waals surface area contributed by atoms with E-state index in [9.17, 15) is 0 Å². The molecule has 0 atom stereocenters. The summed E-state index contributed by atoms with van der Waals surface area (Å²) in [6.07, 6.45) is 0. The summed E-state index contributed by atoms with van der Waals surface area (Å²) in [5.41, 5.74) is 5.00. The van der Waals surface area contributed by atoms with Crippen molar-refractivity contribution in [3.05, 3.63) is 140 Å². The summed E-state index contributed by atoms with van der Waals surface area (Å²) in [6.45, 7) is 0. The van der Waals surface area contributed by atoms with Gasteiger partial charge in [0.2, 0.25) is 11.8 Å². The van der Waals surface area contributed by atoms with Crippen molar-refractivity contribution >= 4 is 28.8 Å². The van der Waals surface area contributed by atoms with Gasteiger partial charge in [0.25, 0.3) is 0 Å². The van der Waals surface area contributed by atoms with Gasteiger partial charge >= 0.3 is 0 Å². The SMILES string of the molecule is c1ccc(Sc2ccc(-c3nnc(-c4ccc(N(c5ccccc5)c5ccccc5)cc4)o3)cc2)cc1. The molecule has 1 heterocycles. The van der Waals surface area contributed by atoms with Gasteiger partial charge in [0.1, 0.15) is 0 Å². The van der Waals surface area contributed by atoms with Crippen molar-refractivity contribution in [1.82, 2.24) is 10.2 Å². The minimum Gasteiger partial charge on any atom is -0.416 e. The molecule has 0 aliphatic rings. The van der Waals surface area contributed by atoms with Crippen LogP contribution < -0.4 is 4.90 Å². The molecule has 5 heteroatoms. The van der Waals surface area contributed by atoms with Gasteiger partial charge in [-0.25, -0.2) is 0 Å². The van der Waals surface area contributed by atoms with E-state index in [1.165, 1.54) is 4.90 Å². The third kappa shape index (κ3) is 5.17. The molecule has 0 saturated heterocycles. The number of para-hydroxylation sites is 2. The molecule has 0 aliphatic carbocycles. The maximum Gasteiger partial charge on any atom is 0.248 e. The zero-order valence-electron chi connectivity index (χ0n) is 19.9. The fraction of sp³-hybridized carbons (Fsp3) is 0. The second-order valence-corrected chi connectivity index (χ2v) is 9.55. The Morgan fingerprint density at radius 2 is 0.838 bits per heavy atom. The predicted octanol–water partition coefficient (Wildman–Crippen LogP) is 9.02. The zero-order chi connectivity index (χ0) is 24.9. The molecule has 6 rings (SSSR count). The minimum atomic E-state index is 0.496. The molecule has 0 saturated carbocycles. The largest absolute Gasteiger partial charge is 0.416 e. The number of nitrogens with zero attached hydrogens (tertiary/aromatic N) is 3. The van der Waals surface area contributed by atoms with Crippen molar-refractivity contribution < 1.29 is 4.42 Å². The Bertz CT molecular complexity index is 1530. The van der Waals surface area contributed by atoms with Crippen LogP contribution in [-0.2, 0) is 0 Å². The average Bonchev–Trinajstić information content (AvgIpc) is 3.46. The van der Waals surface area contributed by atoms with Crippen molar-refractivity contribution in [2.24, 2.45) is 0 Å². The Labute approximate surface area is 220 Å². The highest BCUT2D eigenvalue weighted by atomic mass is 32.2. The van der Waals surface area contributed by atoms with Crippen molar-refractivity contribution in [3.63, 3.8) is 0 Å². The summed E-state index contributed by atoms with van der Waals surface area (Å²) in [5.74, 6) is 1.00. The Morgan fingerprint density at radius 3 is 1.35 bits per heavy atom. The Hall–Kier alpha value is -4.61. The molecular weight excluding hydrogens is 474 g/mol. The first-order chi connectivity index (χ1) is 18.3. The van der Waals surface area contributed by atoms with Gasteiger partial charge in [-0.1, -0.05) is 66.4 Å². The van der Waals surface area contributed by atoms with Crippen LogP contribution in [-0.4, -0.2) is 10.2 Å². The maximum absolute atomic E-state index is 6.04. The first-order valence-electron chi connectivity index (χ1n) is 12.0. The highest BCUT2D eigenvalue weighted by Gasteiger charge is 2.14. The topological polar surface area (TPSA) is 42.2 Å². The van der Waals surface area contributed by atoms with Gasteiger partial charge in [-0.05, 0) is 84.9 Å². The fourth-order valence-corrected chi connectivity index (χ4v) is 4.94. The molecule has 178 valence electrons.